The molecule has 1 aliphatic heterocycles. The summed E-state index contributed by atoms with van der Waals surface area (Å²) in [5.74, 6) is -0.656. The van der Waals surface area contributed by atoms with E-state index in [0.29, 0.717) is 17.9 Å². The minimum absolute atomic E-state index is 0.0579. The van der Waals surface area contributed by atoms with Gasteiger partial charge in [0.2, 0.25) is 5.91 Å². The van der Waals surface area contributed by atoms with Gasteiger partial charge < -0.3 is 10.0 Å². The Labute approximate surface area is 126 Å². The summed E-state index contributed by atoms with van der Waals surface area (Å²) < 4.78 is 11.8. The minimum Gasteiger partial charge on any atom is -0.478 e. The molecule has 0 spiro atoms. The van der Waals surface area contributed by atoms with E-state index < -0.39 is 16.8 Å². The Hall–Kier alpha value is -1.69. The quantitative estimate of drug-likeness (QED) is 0.913. The number of rotatable bonds is 3. The van der Waals surface area contributed by atoms with E-state index in [1.807, 2.05) is 13.8 Å². The average Bonchev–Trinajstić information content (AvgIpc) is 2.45. The molecule has 0 aliphatic carbocycles. The fourth-order valence-electron chi connectivity index (χ4n) is 2.55. The second-order valence-electron chi connectivity index (χ2n) is 5.26. The van der Waals surface area contributed by atoms with Gasteiger partial charge in [-0.3, -0.25) is 9.00 Å². The van der Waals surface area contributed by atoms with Crippen molar-refractivity contribution in [1.82, 2.24) is 4.90 Å². The second kappa shape index (κ2) is 6.39. The molecule has 0 aromatic heterocycles. The highest BCUT2D eigenvalue weighted by Gasteiger charge is 2.33. The van der Waals surface area contributed by atoms with Gasteiger partial charge in [-0.2, -0.15) is 0 Å². The minimum atomic E-state index is -1.03. The van der Waals surface area contributed by atoms with Gasteiger partial charge in [0, 0.05) is 29.1 Å². The number of carbonyl (C=O) groups is 2. The predicted octanol–water partition coefficient (Wildman–Crippen LogP) is 1.30. The molecule has 0 bridgehead atoms. The smallest absolute Gasteiger partial charge is 0.335 e. The molecule has 1 aliphatic rings. The largest absolute Gasteiger partial charge is 0.478 e. The van der Waals surface area contributed by atoms with Gasteiger partial charge in [0.05, 0.1) is 17.2 Å². The molecule has 1 aromatic carbocycles. The molecule has 1 heterocycles. The summed E-state index contributed by atoms with van der Waals surface area (Å²) in [5.41, 5.74) is 0.675. The number of hydrogen-bond acceptors (Lipinski definition) is 3. The SMILES string of the molecule is CC1C(C)S(=O)CCN1C(=O)Cc1ccccc1C(=O)O. The van der Waals surface area contributed by atoms with Crippen molar-refractivity contribution < 1.29 is 18.9 Å². The van der Waals surface area contributed by atoms with E-state index >= 15 is 0 Å². The summed E-state index contributed by atoms with van der Waals surface area (Å²) in [5, 5.41) is 9.09. The molecule has 21 heavy (non-hydrogen) atoms. The third kappa shape index (κ3) is 3.32. The van der Waals surface area contributed by atoms with Crippen LogP contribution in [0.5, 0.6) is 0 Å². The molecule has 114 valence electrons. The van der Waals surface area contributed by atoms with Gasteiger partial charge >= 0.3 is 5.97 Å². The van der Waals surface area contributed by atoms with E-state index in [0.717, 1.165) is 0 Å². The molecule has 5 nitrogen and oxygen atoms in total. The Kier molecular flexibility index (Phi) is 4.77. The molecular formula is C15H19NO4S. The summed E-state index contributed by atoms with van der Waals surface area (Å²) in [6.45, 7) is 4.24. The molecule has 3 unspecified atom stereocenters. The highest BCUT2D eigenvalue weighted by atomic mass is 32.2. The van der Waals surface area contributed by atoms with E-state index in [1.165, 1.54) is 6.07 Å². The van der Waals surface area contributed by atoms with E-state index in [4.69, 9.17) is 5.11 Å². The molecule has 0 saturated carbocycles. The van der Waals surface area contributed by atoms with Gasteiger partial charge in [0.25, 0.3) is 0 Å². The summed E-state index contributed by atoms with van der Waals surface area (Å²) in [4.78, 5) is 25.3. The molecular weight excluding hydrogens is 290 g/mol. The highest BCUT2D eigenvalue weighted by molar-refractivity contribution is 7.85. The van der Waals surface area contributed by atoms with Crippen LogP contribution in [0.1, 0.15) is 29.8 Å². The number of nitrogens with zero attached hydrogens (tertiary/aromatic N) is 1. The molecule has 1 aromatic rings. The number of hydrogen-bond donors (Lipinski definition) is 1. The maximum absolute atomic E-state index is 12.4. The Morgan fingerprint density at radius 2 is 2.00 bits per heavy atom. The van der Waals surface area contributed by atoms with Gasteiger partial charge in [-0.25, -0.2) is 4.79 Å². The van der Waals surface area contributed by atoms with Crippen molar-refractivity contribution in [2.24, 2.45) is 0 Å². The molecule has 2 rings (SSSR count). The molecule has 0 radical (unpaired) electrons. The second-order valence-corrected chi connectivity index (χ2v) is 7.17. The van der Waals surface area contributed by atoms with Crippen molar-refractivity contribution in [3.63, 3.8) is 0 Å². The van der Waals surface area contributed by atoms with Crippen molar-refractivity contribution in [3.8, 4) is 0 Å². The van der Waals surface area contributed by atoms with Crippen molar-refractivity contribution in [2.45, 2.75) is 31.6 Å². The number of aromatic carboxylic acids is 1. The summed E-state index contributed by atoms with van der Waals surface area (Å²) in [6, 6.07) is 6.45. The fourth-order valence-corrected chi connectivity index (χ4v) is 3.88. The standard InChI is InChI=1S/C15H19NO4S/c1-10-11(2)21(20)8-7-16(10)14(17)9-12-5-3-4-6-13(12)15(18)19/h3-6,10-11H,7-9H2,1-2H3,(H,18,19). The van der Waals surface area contributed by atoms with Crippen LogP contribution in [0.3, 0.4) is 0 Å². The first-order chi connectivity index (χ1) is 9.91. The zero-order valence-electron chi connectivity index (χ0n) is 12.1. The number of benzene rings is 1. The van der Waals surface area contributed by atoms with Gasteiger partial charge in [0.15, 0.2) is 0 Å². The monoisotopic (exact) mass is 309 g/mol. The van der Waals surface area contributed by atoms with Crippen LogP contribution in [0.25, 0.3) is 0 Å². The lowest BCUT2D eigenvalue weighted by atomic mass is 10.0. The van der Waals surface area contributed by atoms with Gasteiger partial charge in [-0.1, -0.05) is 18.2 Å². The van der Waals surface area contributed by atoms with Crippen LogP contribution >= 0.6 is 0 Å². The van der Waals surface area contributed by atoms with Crippen molar-refractivity contribution >= 4 is 22.7 Å². The zero-order chi connectivity index (χ0) is 15.6. The van der Waals surface area contributed by atoms with E-state index in [-0.39, 0.29) is 29.2 Å². The van der Waals surface area contributed by atoms with Crippen LogP contribution in [-0.2, 0) is 22.0 Å². The number of carboxylic acid groups (broad SMARTS) is 1. The first-order valence-corrected chi connectivity index (χ1v) is 8.28. The van der Waals surface area contributed by atoms with Crippen LogP contribution in [0, 0.1) is 0 Å². The molecule has 1 fully saturated rings. The van der Waals surface area contributed by atoms with Crippen LogP contribution < -0.4 is 0 Å². The summed E-state index contributed by atoms with van der Waals surface area (Å²) in [7, 11) is -0.898. The Balaban J connectivity index is 2.15. The molecule has 1 N–H and O–H groups in total. The first kappa shape index (κ1) is 15.7. The van der Waals surface area contributed by atoms with Crippen LogP contribution in [0.2, 0.25) is 0 Å². The Morgan fingerprint density at radius 3 is 2.67 bits per heavy atom. The maximum atomic E-state index is 12.4. The number of carbonyl (C=O) groups excluding carboxylic acids is 1. The molecule has 1 amide bonds. The van der Waals surface area contributed by atoms with Gasteiger partial charge in [-0.05, 0) is 25.5 Å². The Morgan fingerprint density at radius 1 is 1.33 bits per heavy atom. The van der Waals surface area contributed by atoms with Gasteiger partial charge in [-0.15, -0.1) is 0 Å². The van der Waals surface area contributed by atoms with E-state index in [1.54, 1.807) is 23.1 Å². The summed E-state index contributed by atoms with van der Waals surface area (Å²) >= 11 is 0. The molecule has 6 heteroatoms. The highest BCUT2D eigenvalue weighted by Crippen LogP contribution is 2.19. The third-order valence-electron chi connectivity index (χ3n) is 4.03. The van der Waals surface area contributed by atoms with Crippen molar-refractivity contribution in [2.75, 3.05) is 12.3 Å². The van der Waals surface area contributed by atoms with Crippen LogP contribution in [-0.4, -0.2) is 49.7 Å². The molecule has 1 saturated heterocycles. The Bertz CT molecular complexity index is 587. The van der Waals surface area contributed by atoms with Crippen molar-refractivity contribution in [3.05, 3.63) is 35.4 Å². The number of amides is 1. The molecule has 3 atom stereocenters. The van der Waals surface area contributed by atoms with Crippen molar-refractivity contribution in [1.29, 1.82) is 0 Å². The zero-order valence-corrected chi connectivity index (χ0v) is 12.9. The first-order valence-electron chi connectivity index (χ1n) is 6.89. The van der Waals surface area contributed by atoms with Crippen LogP contribution in [0.15, 0.2) is 24.3 Å². The normalized spacial score (nSPS) is 25.6. The van der Waals surface area contributed by atoms with Gasteiger partial charge in [0.1, 0.15) is 0 Å². The maximum Gasteiger partial charge on any atom is 0.335 e. The topological polar surface area (TPSA) is 74.7 Å². The lowest BCUT2D eigenvalue weighted by molar-refractivity contribution is -0.132. The lowest BCUT2D eigenvalue weighted by Gasteiger charge is -2.37. The van der Waals surface area contributed by atoms with E-state index in [2.05, 4.69) is 0 Å². The average molecular weight is 309 g/mol. The van der Waals surface area contributed by atoms with E-state index in [9.17, 15) is 13.8 Å². The predicted molar refractivity (Wildman–Crippen MR) is 80.8 cm³/mol. The lowest BCUT2D eigenvalue weighted by Crippen LogP contribution is -2.52. The van der Waals surface area contributed by atoms with Crippen LogP contribution in [0.4, 0.5) is 0 Å². The third-order valence-corrected chi connectivity index (χ3v) is 5.84. The number of carboxylic acids is 1. The fraction of sp³-hybridized carbons (Fsp3) is 0.467. The summed E-state index contributed by atoms with van der Waals surface area (Å²) in [6.07, 6.45) is 0.0617.